The van der Waals surface area contributed by atoms with E-state index in [4.69, 9.17) is 4.52 Å². The SMILES string of the molecule is CC(=O)c1ccc(NC(=O)c2cn(-c3cc(-c4noc(C)n4)ccc3C)nc2C)cc1. The third kappa shape index (κ3) is 4.13. The molecule has 2 heterocycles. The molecule has 0 aliphatic heterocycles. The number of carbonyl (C=O) groups excluding carboxylic acids is 2. The van der Waals surface area contributed by atoms with Gasteiger partial charge in [0.2, 0.25) is 11.7 Å². The molecule has 0 saturated heterocycles. The van der Waals surface area contributed by atoms with Crippen LogP contribution in [-0.4, -0.2) is 31.6 Å². The van der Waals surface area contributed by atoms with Crippen LogP contribution in [0.2, 0.25) is 0 Å². The van der Waals surface area contributed by atoms with Crippen LogP contribution in [0.25, 0.3) is 17.1 Å². The molecule has 0 saturated carbocycles. The van der Waals surface area contributed by atoms with E-state index in [0.717, 1.165) is 16.8 Å². The van der Waals surface area contributed by atoms with Crippen LogP contribution in [0.4, 0.5) is 5.69 Å². The molecule has 2 aromatic carbocycles. The Morgan fingerprint density at radius 1 is 1.03 bits per heavy atom. The number of amides is 1. The fraction of sp³-hybridized carbons (Fsp3) is 0.174. The van der Waals surface area contributed by atoms with Crippen molar-refractivity contribution in [3.8, 4) is 17.1 Å². The minimum Gasteiger partial charge on any atom is -0.339 e. The number of Topliss-reactive ketones (excluding diaryl/α,β-unsaturated/α-hetero) is 1. The van der Waals surface area contributed by atoms with Gasteiger partial charge in [0, 0.05) is 29.9 Å². The quantitative estimate of drug-likeness (QED) is 0.488. The van der Waals surface area contributed by atoms with Crippen molar-refractivity contribution in [2.75, 3.05) is 5.32 Å². The summed E-state index contributed by atoms with van der Waals surface area (Å²) in [4.78, 5) is 28.5. The minimum atomic E-state index is -0.276. The Balaban J connectivity index is 1.61. The average Bonchev–Trinajstić information content (AvgIpc) is 3.34. The number of anilines is 1. The predicted molar refractivity (Wildman–Crippen MR) is 115 cm³/mol. The van der Waals surface area contributed by atoms with Crippen molar-refractivity contribution in [3.05, 3.63) is 76.9 Å². The van der Waals surface area contributed by atoms with Crippen molar-refractivity contribution in [3.63, 3.8) is 0 Å². The molecule has 0 spiro atoms. The fourth-order valence-electron chi connectivity index (χ4n) is 3.20. The minimum absolute atomic E-state index is 0.0245. The first kappa shape index (κ1) is 20.2. The summed E-state index contributed by atoms with van der Waals surface area (Å²) in [6.45, 7) is 6.99. The van der Waals surface area contributed by atoms with E-state index in [2.05, 4.69) is 20.6 Å². The molecule has 0 aliphatic carbocycles. The number of benzene rings is 2. The lowest BCUT2D eigenvalue weighted by Gasteiger charge is -2.07. The Hall–Kier alpha value is -4.07. The molecule has 0 fully saturated rings. The molecule has 4 rings (SSSR count). The van der Waals surface area contributed by atoms with E-state index in [1.54, 1.807) is 49.0 Å². The topological polar surface area (TPSA) is 103 Å². The van der Waals surface area contributed by atoms with E-state index in [1.165, 1.54) is 6.92 Å². The van der Waals surface area contributed by atoms with Crippen LogP contribution in [0.5, 0.6) is 0 Å². The fourth-order valence-corrected chi connectivity index (χ4v) is 3.20. The van der Waals surface area contributed by atoms with E-state index >= 15 is 0 Å². The molecule has 1 amide bonds. The summed E-state index contributed by atoms with van der Waals surface area (Å²) in [7, 11) is 0. The lowest BCUT2D eigenvalue weighted by Crippen LogP contribution is -2.12. The number of ketones is 1. The number of hydrogen-bond acceptors (Lipinski definition) is 6. The number of rotatable bonds is 5. The first-order chi connectivity index (χ1) is 14.8. The van der Waals surface area contributed by atoms with Crippen LogP contribution in [0.15, 0.2) is 53.2 Å². The maximum atomic E-state index is 12.8. The van der Waals surface area contributed by atoms with E-state index in [-0.39, 0.29) is 11.7 Å². The summed E-state index contributed by atoms with van der Waals surface area (Å²) in [5.74, 6) is 0.683. The number of nitrogens with one attached hydrogen (secondary N) is 1. The van der Waals surface area contributed by atoms with Crippen LogP contribution in [-0.2, 0) is 0 Å². The molecule has 8 heteroatoms. The highest BCUT2D eigenvalue weighted by Gasteiger charge is 2.16. The smallest absolute Gasteiger partial charge is 0.259 e. The summed E-state index contributed by atoms with van der Waals surface area (Å²) in [6.07, 6.45) is 1.70. The number of hydrogen-bond donors (Lipinski definition) is 1. The summed E-state index contributed by atoms with van der Waals surface area (Å²) < 4.78 is 6.75. The second-order valence-electron chi connectivity index (χ2n) is 7.30. The average molecular weight is 415 g/mol. The van der Waals surface area contributed by atoms with Crippen LogP contribution in [0, 0.1) is 20.8 Å². The van der Waals surface area contributed by atoms with Gasteiger partial charge in [0.05, 0.1) is 16.9 Å². The third-order valence-corrected chi connectivity index (χ3v) is 4.93. The molecular weight excluding hydrogens is 394 g/mol. The van der Waals surface area contributed by atoms with Crippen LogP contribution >= 0.6 is 0 Å². The maximum absolute atomic E-state index is 12.8. The summed E-state index contributed by atoms with van der Waals surface area (Å²) >= 11 is 0. The maximum Gasteiger partial charge on any atom is 0.259 e. The number of aryl methyl sites for hydroxylation is 3. The Bertz CT molecular complexity index is 1290. The van der Waals surface area contributed by atoms with Crippen LogP contribution < -0.4 is 5.32 Å². The lowest BCUT2D eigenvalue weighted by atomic mass is 10.1. The molecule has 2 aromatic heterocycles. The van der Waals surface area contributed by atoms with E-state index < -0.39 is 0 Å². The monoisotopic (exact) mass is 415 g/mol. The van der Waals surface area contributed by atoms with Crippen LogP contribution in [0.1, 0.15) is 44.8 Å². The first-order valence-electron chi connectivity index (χ1n) is 9.72. The van der Waals surface area contributed by atoms with Gasteiger partial charge in [-0.3, -0.25) is 9.59 Å². The van der Waals surface area contributed by atoms with Gasteiger partial charge in [-0.15, -0.1) is 0 Å². The molecule has 0 unspecified atom stereocenters. The van der Waals surface area contributed by atoms with Gasteiger partial charge < -0.3 is 9.84 Å². The highest BCUT2D eigenvalue weighted by Crippen LogP contribution is 2.24. The van der Waals surface area contributed by atoms with Crippen molar-refractivity contribution in [1.29, 1.82) is 0 Å². The molecule has 1 N–H and O–H groups in total. The highest BCUT2D eigenvalue weighted by atomic mass is 16.5. The zero-order valence-electron chi connectivity index (χ0n) is 17.6. The summed E-state index contributed by atoms with van der Waals surface area (Å²) in [6, 6.07) is 12.5. The normalized spacial score (nSPS) is 10.8. The Morgan fingerprint density at radius 2 is 1.77 bits per heavy atom. The van der Waals surface area contributed by atoms with Gasteiger partial charge in [-0.25, -0.2) is 4.68 Å². The Labute approximate surface area is 178 Å². The van der Waals surface area contributed by atoms with E-state index in [1.807, 2.05) is 25.1 Å². The molecule has 0 radical (unpaired) electrons. The van der Waals surface area contributed by atoms with Gasteiger partial charge in [-0.2, -0.15) is 10.1 Å². The molecule has 4 aromatic rings. The first-order valence-corrected chi connectivity index (χ1v) is 9.72. The molecule has 0 atom stereocenters. The largest absolute Gasteiger partial charge is 0.339 e. The second kappa shape index (κ2) is 7.98. The molecule has 8 nitrogen and oxygen atoms in total. The molecule has 31 heavy (non-hydrogen) atoms. The van der Waals surface area contributed by atoms with Gasteiger partial charge in [-0.1, -0.05) is 17.3 Å². The van der Waals surface area contributed by atoms with Crippen molar-refractivity contribution >= 4 is 17.4 Å². The van der Waals surface area contributed by atoms with Gasteiger partial charge in [0.25, 0.3) is 5.91 Å². The van der Waals surface area contributed by atoms with Crippen molar-refractivity contribution in [2.24, 2.45) is 0 Å². The van der Waals surface area contributed by atoms with Gasteiger partial charge in [0.1, 0.15) is 0 Å². The number of nitrogens with zero attached hydrogens (tertiary/aromatic N) is 4. The molecule has 156 valence electrons. The summed E-state index contributed by atoms with van der Waals surface area (Å²) in [5.41, 5.74) is 4.84. The Morgan fingerprint density at radius 3 is 2.42 bits per heavy atom. The van der Waals surface area contributed by atoms with E-state index in [9.17, 15) is 9.59 Å². The third-order valence-electron chi connectivity index (χ3n) is 4.93. The number of carbonyl (C=O) groups is 2. The van der Waals surface area contributed by atoms with E-state index in [0.29, 0.717) is 34.2 Å². The summed E-state index contributed by atoms with van der Waals surface area (Å²) in [5, 5.41) is 11.3. The molecule has 0 aliphatic rings. The zero-order valence-corrected chi connectivity index (χ0v) is 17.6. The van der Waals surface area contributed by atoms with Gasteiger partial charge in [-0.05, 0) is 56.7 Å². The van der Waals surface area contributed by atoms with Crippen molar-refractivity contribution in [2.45, 2.75) is 27.7 Å². The van der Waals surface area contributed by atoms with Crippen LogP contribution in [0.3, 0.4) is 0 Å². The highest BCUT2D eigenvalue weighted by molar-refractivity contribution is 6.05. The van der Waals surface area contributed by atoms with Gasteiger partial charge in [0.15, 0.2) is 5.78 Å². The molecular formula is C23H21N5O3. The predicted octanol–water partition coefficient (Wildman–Crippen LogP) is 4.30. The zero-order chi connectivity index (χ0) is 22.1. The Kier molecular flexibility index (Phi) is 5.21. The van der Waals surface area contributed by atoms with Gasteiger partial charge >= 0.3 is 0 Å². The molecule has 0 bridgehead atoms. The second-order valence-corrected chi connectivity index (χ2v) is 7.30. The number of aromatic nitrogens is 4. The van der Waals surface area contributed by atoms with Crippen molar-refractivity contribution in [1.82, 2.24) is 19.9 Å². The standard InChI is InChI=1S/C23H21N5O3/c1-13-5-6-18(22-24-16(4)31-27-22)11-21(13)28-12-20(14(2)26-28)23(30)25-19-9-7-17(8-10-19)15(3)29/h5-12H,1-4H3,(H,25,30). The van der Waals surface area contributed by atoms with Crippen molar-refractivity contribution < 1.29 is 14.1 Å². The lowest BCUT2D eigenvalue weighted by molar-refractivity contribution is 0.101.